The van der Waals surface area contributed by atoms with Crippen LogP contribution in [-0.4, -0.2) is 35.4 Å². The number of benzene rings is 2. The van der Waals surface area contributed by atoms with Crippen molar-refractivity contribution in [1.82, 2.24) is 19.9 Å². The molecule has 0 amide bonds. The molecule has 0 aliphatic heterocycles. The summed E-state index contributed by atoms with van der Waals surface area (Å²) >= 11 is 6.45. The van der Waals surface area contributed by atoms with Gasteiger partial charge in [-0.2, -0.15) is 0 Å². The van der Waals surface area contributed by atoms with E-state index in [-0.39, 0.29) is 50.2 Å². The Morgan fingerprint density at radius 1 is 0.917 bits per heavy atom. The summed E-state index contributed by atoms with van der Waals surface area (Å²) in [5.74, 6) is -0.768. The average Bonchev–Trinajstić information content (AvgIpc) is 2.86. The van der Waals surface area contributed by atoms with E-state index >= 15 is 0 Å². The Morgan fingerprint density at radius 3 is 2.22 bits per heavy atom. The Morgan fingerprint density at radius 2 is 1.58 bits per heavy atom. The Balaban J connectivity index is 1.79. The molecule has 1 N–H and O–H groups in total. The van der Waals surface area contributed by atoms with Crippen LogP contribution in [0.4, 0.5) is 5.82 Å². The lowest BCUT2D eigenvalue weighted by molar-refractivity contribution is 0.378. The number of anilines is 1. The van der Waals surface area contributed by atoms with Crippen molar-refractivity contribution in [2.45, 2.75) is 31.1 Å². The van der Waals surface area contributed by atoms with Crippen LogP contribution >= 0.6 is 11.6 Å². The topological polar surface area (TPSA) is 116 Å². The molecular formula is C25H24ClN5O4S. The van der Waals surface area contributed by atoms with Gasteiger partial charge in [-0.3, -0.25) is 4.72 Å². The van der Waals surface area contributed by atoms with Gasteiger partial charge in [-0.15, -0.1) is 0 Å². The van der Waals surface area contributed by atoms with E-state index < -0.39 is 17.1 Å². The molecule has 0 aliphatic rings. The number of nitrogens with one attached hydrogen (secondary N) is 1. The number of halogens is 1. The normalized spacial score (nSPS) is 13.3. The molecule has 186 valence electrons. The molecule has 2 aromatic heterocycles. The van der Waals surface area contributed by atoms with E-state index in [1.165, 1.54) is 36.7 Å². The van der Waals surface area contributed by atoms with E-state index in [4.69, 9.17) is 25.2 Å². The fourth-order valence-corrected chi connectivity index (χ4v) is 4.36. The Labute approximate surface area is 218 Å². The molecule has 4 aromatic rings. The van der Waals surface area contributed by atoms with Gasteiger partial charge in [-0.25, -0.2) is 28.4 Å². The summed E-state index contributed by atoms with van der Waals surface area (Å²) in [7, 11) is -6.95. The fourth-order valence-electron chi connectivity index (χ4n) is 3.15. The quantitative estimate of drug-likeness (QED) is 0.313. The van der Waals surface area contributed by atoms with Crippen molar-refractivity contribution in [3.8, 4) is 28.9 Å². The third kappa shape index (κ3) is 5.55. The molecule has 0 saturated carbocycles. The van der Waals surface area contributed by atoms with Crippen molar-refractivity contribution in [2.24, 2.45) is 0 Å². The van der Waals surface area contributed by atoms with Crippen LogP contribution in [0, 0.1) is 0 Å². The first-order valence-electron chi connectivity index (χ1n) is 12.2. The zero-order chi connectivity index (χ0) is 28.4. The van der Waals surface area contributed by atoms with E-state index in [1.807, 2.05) is 20.8 Å². The SMILES string of the molecule is [2H]C([2H])([2H])Oc1ccccc1Oc1c(Cl)nc(-c2ncccn2)nc1NS(=O)(=O)c1ccc(C(C)(C)C)cc1. The minimum atomic E-state index is -4.19. The molecule has 9 nitrogen and oxygen atoms in total. The lowest BCUT2D eigenvalue weighted by atomic mass is 9.87. The Bertz CT molecular complexity index is 1580. The van der Waals surface area contributed by atoms with Crippen LogP contribution in [0.2, 0.25) is 5.15 Å². The van der Waals surface area contributed by atoms with Gasteiger partial charge in [0, 0.05) is 12.4 Å². The third-order valence-corrected chi connectivity index (χ3v) is 6.63. The van der Waals surface area contributed by atoms with Crippen LogP contribution in [0.5, 0.6) is 17.2 Å². The molecule has 11 heteroatoms. The van der Waals surface area contributed by atoms with Crippen molar-refractivity contribution < 1.29 is 22.0 Å². The van der Waals surface area contributed by atoms with Crippen LogP contribution in [0.1, 0.15) is 30.4 Å². The number of hydrogen-bond donors (Lipinski definition) is 1. The van der Waals surface area contributed by atoms with Crippen LogP contribution in [0.3, 0.4) is 0 Å². The highest BCUT2D eigenvalue weighted by atomic mass is 35.5. The molecule has 0 unspecified atom stereocenters. The predicted octanol–water partition coefficient (Wildman–Crippen LogP) is 5.49. The van der Waals surface area contributed by atoms with Crippen molar-refractivity contribution in [3.63, 3.8) is 0 Å². The summed E-state index contributed by atoms with van der Waals surface area (Å²) < 4.78 is 62.3. The summed E-state index contributed by atoms with van der Waals surface area (Å²) in [6.45, 7) is 6.05. The Hall–Kier alpha value is -3.76. The van der Waals surface area contributed by atoms with E-state index in [9.17, 15) is 8.42 Å². The maximum atomic E-state index is 13.4. The van der Waals surface area contributed by atoms with E-state index in [1.54, 1.807) is 30.3 Å². The summed E-state index contributed by atoms with van der Waals surface area (Å²) in [4.78, 5) is 16.6. The monoisotopic (exact) mass is 528 g/mol. The third-order valence-electron chi connectivity index (χ3n) is 5.02. The van der Waals surface area contributed by atoms with Gasteiger partial charge in [0.2, 0.25) is 11.6 Å². The maximum Gasteiger partial charge on any atom is 0.263 e. The van der Waals surface area contributed by atoms with Gasteiger partial charge < -0.3 is 9.47 Å². The summed E-state index contributed by atoms with van der Waals surface area (Å²) in [5.41, 5.74) is 0.774. The van der Waals surface area contributed by atoms with Crippen LogP contribution < -0.4 is 14.2 Å². The second-order valence-electron chi connectivity index (χ2n) is 8.62. The lowest BCUT2D eigenvalue weighted by Crippen LogP contribution is -2.17. The van der Waals surface area contributed by atoms with Crippen LogP contribution in [0.25, 0.3) is 11.6 Å². The van der Waals surface area contributed by atoms with E-state index in [2.05, 4.69) is 24.7 Å². The fraction of sp³-hybridized carbons (Fsp3) is 0.200. The number of methoxy groups -OCH3 is 1. The summed E-state index contributed by atoms with van der Waals surface area (Å²) in [6, 6.07) is 13.9. The van der Waals surface area contributed by atoms with Gasteiger partial charge in [0.1, 0.15) is 0 Å². The minimum absolute atomic E-state index is 0.0279. The average molecular weight is 529 g/mol. The first kappa shape index (κ1) is 21.5. The Kier molecular flexibility index (Phi) is 6.02. The van der Waals surface area contributed by atoms with Crippen LogP contribution in [0.15, 0.2) is 71.9 Å². The van der Waals surface area contributed by atoms with Crippen molar-refractivity contribution in [1.29, 1.82) is 0 Å². The number of ether oxygens (including phenoxy) is 2. The molecule has 0 spiro atoms. The van der Waals surface area contributed by atoms with Crippen LogP contribution in [-0.2, 0) is 15.4 Å². The van der Waals surface area contributed by atoms with Gasteiger partial charge >= 0.3 is 0 Å². The second kappa shape index (κ2) is 10.1. The molecule has 36 heavy (non-hydrogen) atoms. The largest absolute Gasteiger partial charge is 0.493 e. The number of hydrogen-bond acceptors (Lipinski definition) is 8. The van der Waals surface area contributed by atoms with E-state index in [0.717, 1.165) is 5.56 Å². The number of aromatic nitrogens is 4. The van der Waals surface area contributed by atoms with Crippen molar-refractivity contribution in [2.75, 3.05) is 11.8 Å². The molecule has 0 aliphatic carbocycles. The number of nitrogens with zero attached hydrogens (tertiary/aromatic N) is 4. The smallest absolute Gasteiger partial charge is 0.263 e. The lowest BCUT2D eigenvalue weighted by Gasteiger charge is -2.19. The number of para-hydroxylation sites is 2. The summed E-state index contributed by atoms with van der Waals surface area (Å²) in [6.07, 6.45) is 2.93. The van der Waals surface area contributed by atoms with Crippen molar-refractivity contribution >= 4 is 27.4 Å². The molecule has 4 rings (SSSR count). The summed E-state index contributed by atoms with van der Waals surface area (Å²) in [5, 5.41) is -0.281. The molecule has 2 heterocycles. The highest BCUT2D eigenvalue weighted by Gasteiger charge is 2.24. The number of rotatable bonds is 7. The second-order valence-corrected chi connectivity index (χ2v) is 10.7. The highest BCUT2D eigenvalue weighted by molar-refractivity contribution is 7.92. The van der Waals surface area contributed by atoms with E-state index in [0.29, 0.717) is 0 Å². The van der Waals surface area contributed by atoms with Gasteiger partial charge in [0.25, 0.3) is 10.0 Å². The number of sulfonamides is 1. The molecule has 0 bridgehead atoms. The van der Waals surface area contributed by atoms with Gasteiger partial charge in [-0.1, -0.05) is 56.6 Å². The van der Waals surface area contributed by atoms with Gasteiger partial charge in [-0.05, 0) is 41.3 Å². The minimum Gasteiger partial charge on any atom is -0.493 e. The first-order valence-corrected chi connectivity index (χ1v) is 12.5. The van der Waals surface area contributed by atoms with Gasteiger partial charge in [0.05, 0.1) is 16.0 Å². The van der Waals surface area contributed by atoms with Crippen molar-refractivity contribution in [3.05, 3.63) is 77.7 Å². The zero-order valence-corrected chi connectivity index (χ0v) is 21.1. The zero-order valence-electron chi connectivity index (χ0n) is 22.6. The molecular weight excluding hydrogens is 502 g/mol. The standard InChI is InChI=1S/C25H24ClN5O4S/c1-25(2,3)16-10-12-17(13-11-16)36(32,33)31-22-20(35-19-9-6-5-8-18(19)34-4)21(26)29-24(30-22)23-27-14-7-15-28-23/h5-15H,1-4H3,(H,29,30,31)/i4D3. The maximum absolute atomic E-state index is 13.4. The first-order chi connectivity index (χ1) is 18.2. The van der Waals surface area contributed by atoms with Gasteiger partial charge in [0.15, 0.2) is 28.3 Å². The molecule has 2 aromatic carbocycles. The molecule has 0 fully saturated rings. The molecule has 0 atom stereocenters. The molecule has 0 saturated heterocycles. The highest BCUT2D eigenvalue weighted by Crippen LogP contribution is 2.39. The predicted molar refractivity (Wildman–Crippen MR) is 137 cm³/mol. The molecule has 0 radical (unpaired) electrons.